The molecule has 2 unspecified atom stereocenters. The summed E-state index contributed by atoms with van der Waals surface area (Å²) in [5.74, 6) is -2.01. The third-order valence-electron chi connectivity index (χ3n) is 4.84. The van der Waals surface area contributed by atoms with Crippen molar-refractivity contribution in [2.45, 2.75) is 31.3 Å². The zero-order valence-electron chi connectivity index (χ0n) is 12.2. The molecule has 0 aromatic heterocycles. The van der Waals surface area contributed by atoms with Crippen LogP contribution in [0.25, 0.3) is 0 Å². The number of likely N-dealkylation sites (N-methyl/N-ethyl adjacent to an activating group) is 1. The SMILES string of the molecule is CN1C2CCC1CN(CC(=O)c1c(F)cccc1F)CC2. The average Bonchev–Trinajstić information content (AvgIpc) is 2.67. The Balaban J connectivity index is 1.71. The minimum absolute atomic E-state index is 0.0922. The summed E-state index contributed by atoms with van der Waals surface area (Å²) in [6.45, 7) is 1.71. The predicted octanol–water partition coefficient (Wildman–Crippen LogP) is 2.32. The molecule has 114 valence electrons. The highest BCUT2D eigenvalue weighted by Gasteiger charge is 2.35. The number of ketones is 1. The van der Waals surface area contributed by atoms with Crippen molar-refractivity contribution in [3.05, 3.63) is 35.4 Å². The minimum Gasteiger partial charge on any atom is -0.299 e. The van der Waals surface area contributed by atoms with Crippen molar-refractivity contribution in [1.29, 1.82) is 0 Å². The second-order valence-corrected chi connectivity index (χ2v) is 6.09. The molecule has 0 N–H and O–H groups in total. The van der Waals surface area contributed by atoms with Crippen molar-refractivity contribution in [1.82, 2.24) is 9.80 Å². The van der Waals surface area contributed by atoms with Gasteiger partial charge in [0.1, 0.15) is 11.6 Å². The fraction of sp³-hybridized carbons (Fsp3) is 0.562. The third kappa shape index (κ3) is 2.85. The van der Waals surface area contributed by atoms with E-state index in [9.17, 15) is 13.6 Å². The summed E-state index contributed by atoms with van der Waals surface area (Å²) in [5, 5.41) is 0. The number of carbonyl (C=O) groups excluding carboxylic acids is 1. The molecule has 2 fully saturated rings. The smallest absolute Gasteiger partial charge is 0.182 e. The van der Waals surface area contributed by atoms with Gasteiger partial charge < -0.3 is 0 Å². The summed E-state index contributed by atoms with van der Waals surface area (Å²) >= 11 is 0. The van der Waals surface area contributed by atoms with Crippen molar-refractivity contribution in [2.75, 3.05) is 26.7 Å². The van der Waals surface area contributed by atoms with Crippen LogP contribution in [0.2, 0.25) is 0 Å². The average molecular weight is 294 g/mol. The van der Waals surface area contributed by atoms with Gasteiger partial charge in [-0.2, -0.15) is 0 Å². The number of carbonyl (C=O) groups is 1. The zero-order valence-corrected chi connectivity index (χ0v) is 12.2. The maximum absolute atomic E-state index is 13.7. The molecule has 2 bridgehead atoms. The lowest BCUT2D eigenvalue weighted by atomic mass is 10.1. The molecule has 0 saturated carbocycles. The first-order chi connectivity index (χ1) is 10.1. The summed E-state index contributed by atoms with van der Waals surface area (Å²) in [6, 6.07) is 4.58. The van der Waals surface area contributed by atoms with Crippen molar-refractivity contribution >= 4 is 5.78 Å². The highest BCUT2D eigenvalue weighted by Crippen LogP contribution is 2.28. The quantitative estimate of drug-likeness (QED) is 0.799. The van der Waals surface area contributed by atoms with Gasteiger partial charge in [-0.05, 0) is 38.4 Å². The molecular weight excluding hydrogens is 274 g/mol. The Morgan fingerprint density at radius 3 is 2.57 bits per heavy atom. The van der Waals surface area contributed by atoms with Gasteiger partial charge in [-0.15, -0.1) is 0 Å². The van der Waals surface area contributed by atoms with Crippen molar-refractivity contribution in [2.24, 2.45) is 0 Å². The van der Waals surface area contributed by atoms with E-state index in [1.54, 1.807) is 0 Å². The van der Waals surface area contributed by atoms with E-state index < -0.39 is 23.0 Å². The van der Waals surface area contributed by atoms with Crippen LogP contribution in [0, 0.1) is 11.6 Å². The van der Waals surface area contributed by atoms with Crippen LogP contribution in [0.15, 0.2) is 18.2 Å². The van der Waals surface area contributed by atoms with E-state index in [0.717, 1.165) is 38.1 Å². The van der Waals surface area contributed by atoms with Gasteiger partial charge >= 0.3 is 0 Å². The van der Waals surface area contributed by atoms with Crippen LogP contribution in [0.1, 0.15) is 29.6 Å². The summed E-state index contributed by atoms with van der Waals surface area (Å²) in [5.41, 5.74) is -0.403. The molecule has 2 atom stereocenters. The summed E-state index contributed by atoms with van der Waals surface area (Å²) in [6.07, 6.45) is 3.37. The van der Waals surface area contributed by atoms with Gasteiger partial charge in [0.05, 0.1) is 12.1 Å². The van der Waals surface area contributed by atoms with Crippen LogP contribution in [-0.4, -0.2) is 54.3 Å². The van der Waals surface area contributed by atoms with Crippen LogP contribution in [0.4, 0.5) is 8.78 Å². The van der Waals surface area contributed by atoms with Crippen molar-refractivity contribution in [3.8, 4) is 0 Å². The number of halogens is 2. The number of hydrogen-bond donors (Lipinski definition) is 0. The number of likely N-dealkylation sites (tertiary alicyclic amines) is 1. The van der Waals surface area contributed by atoms with Gasteiger partial charge in [0, 0.05) is 25.2 Å². The van der Waals surface area contributed by atoms with E-state index in [4.69, 9.17) is 0 Å². The monoisotopic (exact) mass is 294 g/mol. The Labute approximate surface area is 123 Å². The van der Waals surface area contributed by atoms with Gasteiger partial charge in [-0.3, -0.25) is 14.6 Å². The Morgan fingerprint density at radius 1 is 1.19 bits per heavy atom. The number of fused-ring (bicyclic) bond motifs is 2. The van der Waals surface area contributed by atoms with E-state index in [1.165, 1.54) is 12.5 Å². The molecule has 2 aliphatic heterocycles. The molecule has 2 saturated heterocycles. The van der Waals surface area contributed by atoms with Crippen molar-refractivity contribution < 1.29 is 13.6 Å². The first-order valence-corrected chi connectivity index (χ1v) is 7.47. The number of hydrogen-bond acceptors (Lipinski definition) is 3. The van der Waals surface area contributed by atoms with E-state index in [0.29, 0.717) is 12.1 Å². The molecule has 0 aliphatic carbocycles. The second kappa shape index (κ2) is 5.81. The van der Waals surface area contributed by atoms with Crippen LogP contribution in [-0.2, 0) is 0 Å². The van der Waals surface area contributed by atoms with Gasteiger partial charge in [0.15, 0.2) is 5.78 Å². The number of nitrogens with zero attached hydrogens (tertiary/aromatic N) is 2. The molecule has 21 heavy (non-hydrogen) atoms. The molecule has 2 aliphatic rings. The Bertz CT molecular complexity index is 529. The minimum atomic E-state index is -0.770. The first kappa shape index (κ1) is 14.6. The molecule has 0 spiro atoms. The fourth-order valence-corrected chi connectivity index (χ4v) is 3.57. The molecule has 1 aromatic rings. The highest BCUT2D eigenvalue weighted by atomic mass is 19.1. The maximum atomic E-state index is 13.7. The molecule has 3 rings (SSSR count). The molecular formula is C16H20F2N2O. The lowest BCUT2D eigenvalue weighted by Gasteiger charge is -2.25. The lowest BCUT2D eigenvalue weighted by molar-refractivity contribution is 0.0915. The van der Waals surface area contributed by atoms with Crippen LogP contribution in [0.3, 0.4) is 0 Å². The summed E-state index contributed by atoms with van der Waals surface area (Å²) in [4.78, 5) is 16.6. The van der Waals surface area contributed by atoms with Crippen LogP contribution < -0.4 is 0 Å². The van der Waals surface area contributed by atoms with Crippen LogP contribution >= 0.6 is 0 Å². The standard InChI is InChI=1S/C16H20F2N2O/c1-19-11-5-6-12(19)9-20(8-7-11)10-15(21)16-13(17)3-2-4-14(16)18/h2-4,11-12H,5-10H2,1H3. The van der Waals surface area contributed by atoms with Gasteiger partial charge in [0.2, 0.25) is 0 Å². The Kier molecular flexibility index (Phi) is 4.04. The van der Waals surface area contributed by atoms with E-state index in [1.807, 2.05) is 4.90 Å². The topological polar surface area (TPSA) is 23.6 Å². The lowest BCUT2D eigenvalue weighted by Crippen LogP contribution is -2.39. The molecule has 3 nitrogen and oxygen atoms in total. The second-order valence-electron chi connectivity index (χ2n) is 6.09. The third-order valence-corrected chi connectivity index (χ3v) is 4.84. The summed E-state index contributed by atoms with van der Waals surface area (Å²) in [7, 11) is 2.13. The van der Waals surface area contributed by atoms with E-state index in [-0.39, 0.29) is 6.54 Å². The number of benzene rings is 1. The van der Waals surface area contributed by atoms with Gasteiger partial charge in [0.25, 0.3) is 0 Å². The normalized spacial score (nSPS) is 26.8. The fourth-order valence-electron chi connectivity index (χ4n) is 3.57. The highest BCUT2D eigenvalue weighted by molar-refractivity contribution is 5.98. The Morgan fingerprint density at radius 2 is 1.86 bits per heavy atom. The van der Waals surface area contributed by atoms with E-state index in [2.05, 4.69) is 11.9 Å². The molecule has 2 heterocycles. The molecule has 1 aromatic carbocycles. The number of rotatable bonds is 3. The number of Topliss-reactive ketones (excluding diaryl/α,β-unsaturated/α-hetero) is 1. The van der Waals surface area contributed by atoms with Crippen LogP contribution in [0.5, 0.6) is 0 Å². The molecule has 0 amide bonds. The largest absolute Gasteiger partial charge is 0.299 e. The van der Waals surface area contributed by atoms with Gasteiger partial charge in [-0.25, -0.2) is 8.78 Å². The summed E-state index contributed by atoms with van der Waals surface area (Å²) < 4.78 is 27.3. The Hall–Kier alpha value is -1.33. The van der Waals surface area contributed by atoms with Crippen molar-refractivity contribution in [3.63, 3.8) is 0 Å². The predicted molar refractivity (Wildman–Crippen MR) is 76.3 cm³/mol. The zero-order chi connectivity index (χ0) is 15.0. The maximum Gasteiger partial charge on any atom is 0.182 e. The first-order valence-electron chi connectivity index (χ1n) is 7.47. The van der Waals surface area contributed by atoms with Gasteiger partial charge in [-0.1, -0.05) is 6.07 Å². The van der Waals surface area contributed by atoms with E-state index >= 15 is 0 Å². The molecule has 0 radical (unpaired) electrons. The molecule has 5 heteroatoms.